The fourth-order valence-electron chi connectivity index (χ4n) is 1.38. The maximum absolute atomic E-state index is 11.6. The van der Waals surface area contributed by atoms with Crippen molar-refractivity contribution >= 4 is 11.8 Å². The maximum atomic E-state index is 11.6. The van der Waals surface area contributed by atoms with E-state index in [1.807, 2.05) is 0 Å². The van der Waals surface area contributed by atoms with E-state index in [4.69, 9.17) is 14.6 Å². The summed E-state index contributed by atoms with van der Waals surface area (Å²) >= 11 is 0. The highest BCUT2D eigenvalue weighted by Crippen LogP contribution is 2.18. The van der Waals surface area contributed by atoms with Crippen molar-refractivity contribution in [1.29, 1.82) is 0 Å². The van der Waals surface area contributed by atoms with Gasteiger partial charge in [0.2, 0.25) is 0 Å². The molecule has 2 atom stereocenters. The summed E-state index contributed by atoms with van der Waals surface area (Å²) < 4.78 is 14.3. The van der Waals surface area contributed by atoms with Gasteiger partial charge in [-0.2, -0.15) is 0 Å². The SMILES string of the molecule is CO[C@H]1C(=O)N(COCO)C(=O)[C@@H]1OC. The number of rotatable bonds is 5. The molecule has 7 heteroatoms. The molecule has 0 aromatic heterocycles. The summed E-state index contributed by atoms with van der Waals surface area (Å²) in [6, 6.07) is 0. The molecule has 86 valence electrons. The molecule has 1 fully saturated rings. The molecule has 1 aliphatic heterocycles. The second-order valence-electron chi connectivity index (χ2n) is 2.88. The number of carbonyl (C=O) groups excluding carboxylic acids is 2. The molecule has 1 N–H and O–H groups in total. The van der Waals surface area contributed by atoms with Gasteiger partial charge < -0.3 is 19.3 Å². The van der Waals surface area contributed by atoms with Gasteiger partial charge in [-0.3, -0.25) is 14.5 Å². The fourth-order valence-corrected chi connectivity index (χ4v) is 1.38. The molecule has 15 heavy (non-hydrogen) atoms. The Balaban J connectivity index is 2.74. The van der Waals surface area contributed by atoms with Crippen LogP contribution in [0.25, 0.3) is 0 Å². The van der Waals surface area contributed by atoms with E-state index in [0.29, 0.717) is 0 Å². The average Bonchev–Trinajstić information content (AvgIpc) is 2.47. The normalized spacial score (nSPS) is 26.5. The maximum Gasteiger partial charge on any atom is 0.263 e. The molecule has 0 spiro atoms. The molecule has 1 rings (SSSR count). The number of hydrogen-bond acceptors (Lipinski definition) is 6. The molecule has 0 unspecified atom stereocenters. The van der Waals surface area contributed by atoms with Crippen LogP contribution in [0.3, 0.4) is 0 Å². The molecule has 1 heterocycles. The first-order valence-electron chi connectivity index (χ1n) is 4.26. The van der Waals surface area contributed by atoms with Gasteiger partial charge in [-0.25, -0.2) is 0 Å². The predicted molar refractivity (Wildman–Crippen MR) is 46.5 cm³/mol. The van der Waals surface area contributed by atoms with Gasteiger partial charge in [0.1, 0.15) is 13.5 Å². The zero-order chi connectivity index (χ0) is 11.4. The van der Waals surface area contributed by atoms with E-state index in [1.54, 1.807) is 0 Å². The Labute approximate surface area is 86.5 Å². The lowest BCUT2D eigenvalue weighted by Gasteiger charge is -2.12. The van der Waals surface area contributed by atoms with Gasteiger partial charge in [0.05, 0.1) is 0 Å². The lowest BCUT2D eigenvalue weighted by molar-refractivity contribution is -0.151. The topological polar surface area (TPSA) is 85.3 Å². The molecule has 1 saturated heterocycles. The summed E-state index contributed by atoms with van der Waals surface area (Å²) in [6.45, 7) is -0.861. The Hall–Kier alpha value is -1.02. The molecule has 7 nitrogen and oxygen atoms in total. The number of carbonyl (C=O) groups is 2. The quantitative estimate of drug-likeness (QED) is 0.438. The molecule has 0 aliphatic carbocycles. The Bertz CT molecular complexity index is 234. The van der Waals surface area contributed by atoms with Crippen LogP contribution in [0.5, 0.6) is 0 Å². The van der Waals surface area contributed by atoms with Crippen molar-refractivity contribution in [3.05, 3.63) is 0 Å². The van der Waals surface area contributed by atoms with Gasteiger partial charge >= 0.3 is 0 Å². The van der Waals surface area contributed by atoms with Crippen molar-refractivity contribution in [1.82, 2.24) is 4.90 Å². The van der Waals surface area contributed by atoms with Crippen LogP contribution < -0.4 is 0 Å². The highest BCUT2D eigenvalue weighted by Gasteiger charge is 2.48. The summed E-state index contributed by atoms with van der Waals surface area (Å²) in [6.07, 6.45) is -1.88. The number of nitrogens with zero attached hydrogens (tertiary/aromatic N) is 1. The van der Waals surface area contributed by atoms with Crippen LogP contribution in [0.4, 0.5) is 0 Å². The van der Waals surface area contributed by atoms with E-state index >= 15 is 0 Å². The van der Waals surface area contributed by atoms with E-state index in [2.05, 4.69) is 4.74 Å². The van der Waals surface area contributed by atoms with Gasteiger partial charge in [-0.15, -0.1) is 0 Å². The van der Waals surface area contributed by atoms with Crippen LogP contribution in [0, 0.1) is 0 Å². The average molecular weight is 219 g/mol. The molecule has 2 amide bonds. The largest absolute Gasteiger partial charge is 0.371 e. The zero-order valence-corrected chi connectivity index (χ0v) is 8.50. The Morgan fingerprint density at radius 3 is 2.00 bits per heavy atom. The van der Waals surface area contributed by atoms with Crippen molar-refractivity contribution in [2.45, 2.75) is 12.2 Å². The molecular weight excluding hydrogens is 206 g/mol. The Morgan fingerprint density at radius 2 is 1.67 bits per heavy atom. The predicted octanol–water partition coefficient (Wildman–Crippen LogP) is -1.69. The van der Waals surface area contributed by atoms with E-state index in [9.17, 15) is 9.59 Å². The molecular formula is C8H13NO6. The number of imide groups is 1. The first-order chi connectivity index (χ1) is 7.17. The highest BCUT2D eigenvalue weighted by atomic mass is 16.6. The minimum atomic E-state index is -0.940. The van der Waals surface area contributed by atoms with Crippen molar-refractivity contribution in [2.75, 3.05) is 27.7 Å². The van der Waals surface area contributed by atoms with E-state index in [-0.39, 0.29) is 6.73 Å². The van der Waals surface area contributed by atoms with Gasteiger partial charge in [0.15, 0.2) is 12.2 Å². The van der Waals surface area contributed by atoms with Gasteiger partial charge in [-0.05, 0) is 0 Å². The second-order valence-corrected chi connectivity index (χ2v) is 2.88. The Kier molecular flexibility index (Phi) is 4.15. The molecule has 0 aromatic carbocycles. The summed E-state index contributed by atoms with van der Waals surface area (Å²) in [5.41, 5.74) is 0. The first kappa shape index (κ1) is 12.1. The van der Waals surface area contributed by atoms with E-state index in [0.717, 1.165) is 4.90 Å². The zero-order valence-electron chi connectivity index (χ0n) is 8.50. The summed E-state index contributed by atoms with van der Waals surface area (Å²) in [5.74, 6) is -1.05. The third-order valence-electron chi connectivity index (χ3n) is 2.11. The molecule has 0 saturated carbocycles. The molecule has 1 aliphatic rings. The second kappa shape index (κ2) is 5.17. The molecule has 0 aromatic rings. The van der Waals surface area contributed by atoms with Crippen molar-refractivity contribution in [3.63, 3.8) is 0 Å². The smallest absolute Gasteiger partial charge is 0.263 e. The van der Waals surface area contributed by atoms with Crippen LogP contribution >= 0.6 is 0 Å². The number of aliphatic hydroxyl groups excluding tert-OH is 1. The number of hydrogen-bond donors (Lipinski definition) is 1. The van der Waals surface area contributed by atoms with Crippen LogP contribution in [-0.2, 0) is 23.8 Å². The lowest BCUT2D eigenvalue weighted by Crippen LogP contribution is -2.34. The monoisotopic (exact) mass is 219 g/mol. The number of aliphatic hydroxyl groups is 1. The minimum Gasteiger partial charge on any atom is -0.371 e. The molecule has 0 bridgehead atoms. The number of methoxy groups -OCH3 is 2. The fraction of sp³-hybridized carbons (Fsp3) is 0.750. The third-order valence-corrected chi connectivity index (χ3v) is 2.11. The van der Waals surface area contributed by atoms with Gasteiger partial charge in [-0.1, -0.05) is 0 Å². The minimum absolute atomic E-state index is 0.298. The van der Waals surface area contributed by atoms with Crippen molar-refractivity contribution in [3.8, 4) is 0 Å². The third kappa shape index (κ3) is 2.15. The lowest BCUT2D eigenvalue weighted by atomic mass is 10.2. The van der Waals surface area contributed by atoms with Gasteiger partial charge in [0.25, 0.3) is 11.8 Å². The van der Waals surface area contributed by atoms with Crippen molar-refractivity contribution < 1.29 is 28.9 Å². The van der Waals surface area contributed by atoms with Crippen molar-refractivity contribution in [2.24, 2.45) is 0 Å². The van der Waals surface area contributed by atoms with Gasteiger partial charge in [0, 0.05) is 14.2 Å². The van der Waals surface area contributed by atoms with Crippen LogP contribution in [0.2, 0.25) is 0 Å². The summed E-state index contributed by atoms with van der Waals surface area (Å²) in [7, 11) is 2.64. The molecule has 0 radical (unpaired) electrons. The summed E-state index contributed by atoms with van der Waals surface area (Å²) in [4.78, 5) is 24.0. The Morgan fingerprint density at radius 1 is 1.20 bits per heavy atom. The number of amides is 2. The van der Waals surface area contributed by atoms with E-state index < -0.39 is 30.8 Å². The summed E-state index contributed by atoms with van der Waals surface area (Å²) in [5, 5.41) is 8.41. The standard InChI is InChI=1S/C8H13NO6/c1-13-5-6(14-2)8(12)9(7(5)11)3-15-4-10/h5-6,10H,3-4H2,1-2H3/t5-,6-/m1/s1. The van der Waals surface area contributed by atoms with Crippen LogP contribution in [0.1, 0.15) is 0 Å². The van der Waals surface area contributed by atoms with Crippen LogP contribution in [-0.4, -0.2) is 61.8 Å². The number of ether oxygens (including phenoxy) is 3. The first-order valence-corrected chi connectivity index (χ1v) is 4.26. The highest BCUT2D eigenvalue weighted by molar-refractivity contribution is 6.07. The van der Waals surface area contributed by atoms with Crippen LogP contribution in [0.15, 0.2) is 0 Å². The number of likely N-dealkylation sites (tertiary alicyclic amines) is 1. The van der Waals surface area contributed by atoms with E-state index in [1.165, 1.54) is 14.2 Å².